The third-order valence-electron chi connectivity index (χ3n) is 3.43. The Morgan fingerprint density at radius 3 is 3.19 bits per heavy atom. The van der Waals surface area contributed by atoms with Crippen LogP contribution in [0.15, 0.2) is 12.5 Å². The molecule has 1 amide bonds. The molecule has 2 aromatic heterocycles. The molecule has 8 heteroatoms. The van der Waals surface area contributed by atoms with E-state index in [4.69, 9.17) is 0 Å². The molecule has 1 saturated heterocycles. The molecule has 0 unspecified atom stereocenters. The van der Waals surface area contributed by atoms with Gasteiger partial charge < -0.3 is 10.6 Å². The number of thiazole rings is 1. The van der Waals surface area contributed by atoms with Crippen LogP contribution in [0.2, 0.25) is 0 Å². The SMILES string of the molecule is Cc1cnc(CNC(=O)c2ncn([C@H]3CCCNC3)n2)s1. The first-order valence-corrected chi connectivity index (χ1v) is 7.85. The Bertz CT molecular complexity index is 616. The quantitative estimate of drug-likeness (QED) is 0.876. The number of hydrogen-bond acceptors (Lipinski definition) is 6. The molecule has 0 radical (unpaired) electrons. The molecule has 0 saturated carbocycles. The number of nitrogens with zero attached hydrogens (tertiary/aromatic N) is 4. The minimum atomic E-state index is -0.259. The zero-order chi connectivity index (χ0) is 14.7. The van der Waals surface area contributed by atoms with Gasteiger partial charge in [-0.1, -0.05) is 0 Å². The van der Waals surface area contributed by atoms with Crippen molar-refractivity contribution < 1.29 is 4.79 Å². The van der Waals surface area contributed by atoms with Gasteiger partial charge in [0.15, 0.2) is 0 Å². The normalized spacial score (nSPS) is 18.6. The molecule has 1 fully saturated rings. The maximum Gasteiger partial charge on any atom is 0.291 e. The van der Waals surface area contributed by atoms with Crippen molar-refractivity contribution in [3.63, 3.8) is 0 Å². The summed E-state index contributed by atoms with van der Waals surface area (Å²) in [5, 5.41) is 11.3. The summed E-state index contributed by atoms with van der Waals surface area (Å²) in [5.41, 5.74) is 0. The standard InChI is InChI=1S/C13H18N6OS/c1-9-5-15-11(21-9)7-16-13(20)12-17-8-19(18-12)10-3-2-4-14-6-10/h5,8,10,14H,2-4,6-7H2,1H3,(H,16,20)/t10-/m0/s1. The number of aromatic nitrogens is 4. The summed E-state index contributed by atoms with van der Waals surface area (Å²) in [6, 6.07) is 0.286. The van der Waals surface area contributed by atoms with Crippen LogP contribution in [0.5, 0.6) is 0 Å². The third kappa shape index (κ3) is 3.45. The Labute approximate surface area is 126 Å². The summed E-state index contributed by atoms with van der Waals surface area (Å²) < 4.78 is 1.79. The fraction of sp³-hybridized carbons (Fsp3) is 0.538. The third-order valence-corrected chi connectivity index (χ3v) is 4.34. The Balaban J connectivity index is 1.58. The van der Waals surface area contributed by atoms with Crippen LogP contribution in [0.4, 0.5) is 0 Å². The van der Waals surface area contributed by atoms with E-state index in [1.54, 1.807) is 28.5 Å². The number of aryl methyl sites for hydroxylation is 1. The lowest BCUT2D eigenvalue weighted by atomic mass is 10.1. The van der Waals surface area contributed by atoms with Crippen LogP contribution >= 0.6 is 11.3 Å². The minimum Gasteiger partial charge on any atom is -0.343 e. The van der Waals surface area contributed by atoms with E-state index >= 15 is 0 Å². The Morgan fingerprint density at radius 1 is 1.57 bits per heavy atom. The predicted octanol–water partition coefficient (Wildman–Crippen LogP) is 0.898. The van der Waals surface area contributed by atoms with Gasteiger partial charge in [-0.15, -0.1) is 16.4 Å². The van der Waals surface area contributed by atoms with Gasteiger partial charge in [-0.3, -0.25) is 4.79 Å². The summed E-state index contributed by atoms with van der Waals surface area (Å²) in [6.45, 7) is 4.33. The fourth-order valence-corrected chi connectivity index (χ4v) is 3.06. The van der Waals surface area contributed by atoms with E-state index in [1.807, 2.05) is 6.92 Å². The smallest absolute Gasteiger partial charge is 0.291 e. The second kappa shape index (κ2) is 6.31. The molecule has 2 N–H and O–H groups in total. The zero-order valence-corrected chi connectivity index (χ0v) is 12.7. The highest BCUT2D eigenvalue weighted by Gasteiger charge is 2.18. The van der Waals surface area contributed by atoms with E-state index in [0.717, 1.165) is 35.8 Å². The molecular formula is C13H18N6OS. The van der Waals surface area contributed by atoms with Gasteiger partial charge in [0.25, 0.3) is 5.91 Å². The second-order valence-electron chi connectivity index (χ2n) is 5.10. The van der Waals surface area contributed by atoms with Crippen LogP contribution < -0.4 is 10.6 Å². The summed E-state index contributed by atoms with van der Waals surface area (Å²) in [5.74, 6) is -0.0424. The van der Waals surface area contributed by atoms with Crippen molar-refractivity contribution in [2.75, 3.05) is 13.1 Å². The largest absolute Gasteiger partial charge is 0.343 e. The van der Waals surface area contributed by atoms with Gasteiger partial charge in [0.2, 0.25) is 5.82 Å². The van der Waals surface area contributed by atoms with Gasteiger partial charge in [-0.2, -0.15) is 0 Å². The van der Waals surface area contributed by atoms with Gasteiger partial charge in [0.1, 0.15) is 11.3 Å². The van der Waals surface area contributed by atoms with E-state index in [9.17, 15) is 4.79 Å². The summed E-state index contributed by atoms with van der Waals surface area (Å²) in [4.78, 5) is 21.5. The van der Waals surface area contributed by atoms with Gasteiger partial charge in [0, 0.05) is 17.6 Å². The fourth-order valence-electron chi connectivity index (χ4n) is 2.33. The van der Waals surface area contributed by atoms with Crippen molar-refractivity contribution in [1.82, 2.24) is 30.4 Å². The van der Waals surface area contributed by atoms with Crippen LogP contribution in [0.1, 0.15) is 39.4 Å². The Kier molecular flexibility index (Phi) is 4.26. The number of nitrogens with one attached hydrogen (secondary N) is 2. The minimum absolute atomic E-state index is 0.217. The van der Waals surface area contributed by atoms with Crippen molar-refractivity contribution in [3.05, 3.63) is 28.2 Å². The number of carbonyl (C=O) groups is 1. The molecular weight excluding hydrogens is 288 g/mol. The zero-order valence-electron chi connectivity index (χ0n) is 11.9. The highest BCUT2D eigenvalue weighted by molar-refractivity contribution is 7.11. The Morgan fingerprint density at radius 2 is 2.48 bits per heavy atom. The number of rotatable bonds is 4. The molecule has 1 aliphatic heterocycles. The van der Waals surface area contributed by atoms with E-state index in [-0.39, 0.29) is 17.8 Å². The van der Waals surface area contributed by atoms with Crippen LogP contribution in [-0.4, -0.2) is 38.7 Å². The molecule has 3 rings (SSSR count). The highest BCUT2D eigenvalue weighted by atomic mass is 32.1. The highest BCUT2D eigenvalue weighted by Crippen LogP contribution is 2.15. The maximum atomic E-state index is 12.0. The van der Waals surface area contributed by atoms with Gasteiger partial charge in [0.05, 0.1) is 12.6 Å². The number of hydrogen-bond donors (Lipinski definition) is 2. The molecule has 0 aliphatic carbocycles. The van der Waals surface area contributed by atoms with Crippen molar-refractivity contribution in [2.24, 2.45) is 0 Å². The number of carbonyl (C=O) groups excluding carboxylic acids is 1. The van der Waals surface area contributed by atoms with Crippen LogP contribution in [0.25, 0.3) is 0 Å². The van der Waals surface area contributed by atoms with E-state index in [1.165, 1.54) is 0 Å². The molecule has 0 spiro atoms. The number of piperidine rings is 1. The second-order valence-corrected chi connectivity index (χ2v) is 6.42. The van der Waals surface area contributed by atoms with Crippen LogP contribution in [0, 0.1) is 6.92 Å². The molecule has 1 atom stereocenters. The average Bonchev–Trinajstić information content (AvgIpc) is 3.15. The summed E-state index contributed by atoms with van der Waals surface area (Å²) in [6.07, 6.45) is 5.63. The molecule has 3 heterocycles. The lowest BCUT2D eigenvalue weighted by Crippen LogP contribution is -2.32. The predicted molar refractivity (Wildman–Crippen MR) is 79.2 cm³/mol. The molecule has 112 valence electrons. The van der Waals surface area contributed by atoms with Crippen molar-refractivity contribution in [1.29, 1.82) is 0 Å². The topological polar surface area (TPSA) is 84.7 Å². The molecule has 1 aliphatic rings. The van der Waals surface area contributed by atoms with Crippen LogP contribution in [-0.2, 0) is 6.54 Å². The average molecular weight is 306 g/mol. The first-order valence-electron chi connectivity index (χ1n) is 7.04. The van der Waals surface area contributed by atoms with Gasteiger partial charge >= 0.3 is 0 Å². The first-order chi connectivity index (χ1) is 10.2. The van der Waals surface area contributed by atoms with Crippen molar-refractivity contribution in [3.8, 4) is 0 Å². The first kappa shape index (κ1) is 14.2. The van der Waals surface area contributed by atoms with Crippen molar-refractivity contribution in [2.45, 2.75) is 32.4 Å². The lowest BCUT2D eigenvalue weighted by Gasteiger charge is -2.22. The molecule has 2 aromatic rings. The van der Waals surface area contributed by atoms with Crippen molar-refractivity contribution >= 4 is 17.2 Å². The summed E-state index contributed by atoms with van der Waals surface area (Å²) in [7, 11) is 0. The molecule has 7 nitrogen and oxygen atoms in total. The van der Waals surface area contributed by atoms with E-state index in [0.29, 0.717) is 6.54 Å². The number of amides is 1. The van der Waals surface area contributed by atoms with Gasteiger partial charge in [-0.25, -0.2) is 14.6 Å². The Hall–Kier alpha value is -1.80. The molecule has 0 aromatic carbocycles. The van der Waals surface area contributed by atoms with E-state index < -0.39 is 0 Å². The lowest BCUT2D eigenvalue weighted by molar-refractivity contribution is 0.0939. The van der Waals surface area contributed by atoms with Gasteiger partial charge in [-0.05, 0) is 26.3 Å². The molecule has 21 heavy (non-hydrogen) atoms. The molecule has 0 bridgehead atoms. The maximum absolute atomic E-state index is 12.0. The van der Waals surface area contributed by atoms with E-state index in [2.05, 4.69) is 25.7 Å². The monoisotopic (exact) mass is 306 g/mol. The van der Waals surface area contributed by atoms with Crippen LogP contribution in [0.3, 0.4) is 0 Å². The summed E-state index contributed by atoms with van der Waals surface area (Å²) >= 11 is 1.57.